The van der Waals surface area contributed by atoms with Crippen LogP contribution in [0.3, 0.4) is 0 Å². The first kappa shape index (κ1) is 16.1. The van der Waals surface area contributed by atoms with E-state index in [0.717, 1.165) is 12.8 Å². The van der Waals surface area contributed by atoms with E-state index in [1.165, 1.54) is 25.7 Å². The molecular weight excluding hydrogens is 238 g/mol. The largest absolute Gasteiger partial charge is 0.444 e. The number of hydrogen-bond donors (Lipinski definition) is 1. The summed E-state index contributed by atoms with van der Waals surface area (Å²) in [5, 5.41) is 2.98. The summed E-state index contributed by atoms with van der Waals surface area (Å²) < 4.78 is 5.28. The number of rotatable bonds is 4. The molecule has 110 valence electrons. The van der Waals surface area contributed by atoms with Crippen LogP contribution in [-0.2, 0) is 4.74 Å². The van der Waals surface area contributed by atoms with Crippen LogP contribution in [0.5, 0.6) is 0 Å². The molecule has 0 spiro atoms. The number of carbonyl (C=O) groups is 1. The summed E-state index contributed by atoms with van der Waals surface area (Å²) in [6.45, 7) is 7.87. The maximum atomic E-state index is 11.7. The Morgan fingerprint density at radius 3 is 2.42 bits per heavy atom. The van der Waals surface area contributed by atoms with Gasteiger partial charge in [0, 0.05) is 6.04 Å². The Bertz CT molecular complexity index is 296. The molecule has 0 aliphatic heterocycles. The van der Waals surface area contributed by atoms with Gasteiger partial charge in [0.05, 0.1) is 0 Å². The third-order valence-corrected chi connectivity index (χ3v) is 3.36. The average molecular weight is 267 g/mol. The van der Waals surface area contributed by atoms with Gasteiger partial charge in [-0.2, -0.15) is 0 Å². The van der Waals surface area contributed by atoms with Gasteiger partial charge in [0.25, 0.3) is 0 Å². The van der Waals surface area contributed by atoms with Gasteiger partial charge in [0.1, 0.15) is 5.60 Å². The highest BCUT2D eigenvalue weighted by molar-refractivity contribution is 5.68. The molecule has 1 fully saturated rings. The van der Waals surface area contributed by atoms with E-state index >= 15 is 0 Å². The van der Waals surface area contributed by atoms with E-state index in [4.69, 9.17) is 4.74 Å². The Labute approximate surface area is 117 Å². The predicted molar refractivity (Wildman–Crippen MR) is 79.2 cm³/mol. The summed E-state index contributed by atoms with van der Waals surface area (Å²) in [5.74, 6) is 0.697. The Morgan fingerprint density at radius 1 is 1.26 bits per heavy atom. The van der Waals surface area contributed by atoms with E-state index in [2.05, 4.69) is 24.4 Å². The summed E-state index contributed by atoms with van der Waals surface area (Å²) >= 11 is 0. The Morgan fingerprint density at radius 2 is 1.89 bits per heavy atom. The zero-order chi connectivity index (χ0) is 14.3. The van der Waals surface area contributed by atoms with E-state index in [1.807, 2.05) is 20.8 Å². The number of allylic oxidation sites excluding steroid dienone is 2. The molecule has 0 saturated heterocycles. The SMILES string of the molecule is CCCC=C[C@H]1CC[C@@H](NC(=O)OC(C)(C)C)CC1. The molecule has 0 aromatic rings. The minimum Gasteiger partial charge on any atom is -0.444 e. The number of carbonyl (C=O) groups excluding carboxylic acids is 1. The van der Waals surface area contributed by atoms with Crippen molar-refractivity contribution >= 4 is 6.09 Å². The molecular formula is C16H29NO2. The quantitative estimate of drug-likeness (QED) is 0.765. The van der Waals surface area contributed by atoms with Crippen molar-refractivity contribution < 1.29 is 9.53 Å². The van der Waals surface area contributed by atoms with Gasteiger partial charge >= 0.3 is 6.09 Å². The molecule has 0 radical (unpaired) electrons. The second-order valence-corrected chi connectivity index (χ2v) is 6.47. The van der Waals surface area contributed by atoms with Crippen molar-refractivity contribution in [1.82, 2.24) is 5.32 Å². The van der Waals surface area contributed by atoms with Crippen molar-refractivity contribution in [3.63, 3.8) is 0 Å². The molecule has 0 bridgehead atoms. The van der Waals surface area contributed by atoms with E-state index in [9.17, 15) is 4.79 Å². The van der Waals surface area contributed by atoms with Crippen LogP contribution in [0.2, 0.25) is 0 Å². The third kappa shape index (κ3) is 7.24. The number of unbranched alkanes of at least 4 members (excludes halogenated alkanes) is 1. The molecule has 1 N–H and O–H groups in total. The number of amides is 1. The van der Waals surface area contributed by atoms with Crippen molar-refractivity contribution in [2.45, 2.75) is 77.9 Å². The van der Waals surface area contributed by atoms with E-state index < -0.39 is 5.60 Å². The van der Waals surface area contributed by atoms with Gasteiger partial charge in [-0.15, -0.1) is 0 Å². The Kier molecular flexibility index (Phi) is 6.40. The molecule has 1 saturated carbocycles. The smallest absolute Gasteiger partial charge is 0.407 e. The maximum absolute atomic E-state index is 11.7. The lowest BCUT2D eigenvalue weighted by Crippen LogP contribution is -2.40. The molecule has 19 heavy (non-hydrogen) atoms. The molecule has 3 nitrogen and oxygen atoms in total. The number of hydrogen-bond acceptors (Lipinski definition) is 2. The molecule has 0 aromatic heterocycles. The molecule has 0 heterocycles. The Balaban J connectivity index is 2.25. The minimum atomic E-state index is -0.413. The van der Waals surface area contributed by atoms with Crippen LogP contribution in [0.1, 0.15) is 66.2 Å². The van der Waals surface area contributed by atoms with Gasteiger partial charge in [-0.25, -0.2) is 4.79 Å². The van der Waals surface area contributed by atoms with Crippen LogP contribution in [0, 0.1) is 5.92 Å². The van der Waals surface area contributed by atoms with Gasteiger partial charge in [-0.1, -0.05) is 25.5 Å². The molecule has 1 aliphatic rings. The second-order valence-electron chi connectivity index (χ2n) is 6.47. The van der Waals surface area contributed by atoms with Crippen LogP contribution in [0.4, 0.5) is 4.79 Å². The number of nitrogens with one attached hydrogen (secondary N) is 1. The van der Waals surface area contributed by atoms with E-state index in [0.29, 0.717) is 5.92 Å². The second kappa shape index (κ2) is 7.56. The van der Waals surface area contributed by atoms with Crippen LogP contribution < -0.4 is 5.32 Å². The molecule has 0 unspecified atom stereocenters. The fourth-order valence-electron chi connectivity index (χ4n) is 2.39. The predicted octanol–water partition coefficient (Wildman–Crippen LogP) is 4.43. The highest BCUT2D eigenvalue weighted by Crippen LogP contribution is 2.25. The first-order valence-electron chi connectivity index (χ1n) is 7.57. The summed E-state index contributed by atoms with van der Waals surface area (Å²) in [6, 6.07) is 0.283. The molecule has 1 rings (SSSR count). The van der Waals surface area contributed by atoms with Gasteiger partial charge < -0.3 is 10.1 Å². The minimum absolute atomic E-state index is 0.280. The summed E-state index contributed by atoms with van der Waals surface area (Å²) in [6.07, 6.45) is 11.2. The monoisotopic (exact) mass is 267 g/mol. The van der Waals surface area contributed by atoms with Crippen LogP contribution in [0.25, 0.3) is 0 Å². The van der Waals surface area contributed by atoms with Crippen LogP contribution in [0.15, 0.2) is 12.2 Å². The van der Waals surface area contributed by atoms with Crippen molar-refractivity contribution in [2.75, 3.05) is 0 Å². The molecule has 1 aliphatic carbocycles. The van der Waals surface area contributed by atoms with Crippen molar-refractivity contribution in [2.24, 2.45) is 5.92 Å². The lowest BCUT2D eigenvalue weighted by molar-refractivity contribution is 0.0490. The number of alkyl carbamates (subject to hydrolysis) is 1. The topological polar surface area (TPSA) is 38.3 Å². The van der Waals surface area contributed by atoms with E-state index in [1.54, 1.807) is 0 Å². The Hall–Kier alpha value is -0.990. The highest BCUT2D eigenvalue weighted by atomic mass is 16.6. The fraction of sp³-hybridized carbons (Fsp3) is 0.812. The van der Waals surface area contributed by atoms with Gasteiger partial charge in [0.15, 0.2) is 0 Å². The summed E-state index contributed by atoms with van der Waals surface area (Å²) in [7, 11) is 0. The third-order valence-electron chi connectivity index (χ3n) is 3.36. The molecule has 0 atom stereocenters. The van der Waals surface area contributed by atoms with Crippen LogP contribution in [-0.4, -0.2) is 17.7 Å². The zero-order valence-electron chi connectivity index (χ0n) is 12.9. The molecule has 3 heteroatoms. The van der Waals surface area contributed by atoms with Gasteiger partial charge in [-0.05, 0) is 58.8 Å². The van der Waals surface area contributed by atoms with Crippen molar-refractivity contribution in [3.05, 3.63) is 12.2 Å². The van der Waals surface area contributed by atoms with Gasteiger partial charge in [-0.3, -0.25) is 0 Å². The lowest BCUT2D eigenvalue weighted by atomic mass is 9.86. The van der Waals surface area contributed by atoms with Crippen molar-refractivity contribution in [1.29, 1.82) is 0 Å². The van der Waals surface area contributed by atoms with Gasteiger partial charge in [0.2, 0.25) is 0 Å². The normalized spacial score (nSPS) is 24.4. The van der Waals surface area contributed by atoms with Crippen LogP contribution >= 0.6 is 0 Å². The maximum Gasteiger partial charge on any atom is 0.407 e. The average Bonchev–Trinajstić information content (AvgIpc) is 2.29. The summed E-state index contributed by atoms with van der Waals surface area (Å²) in [4.78, 5) is 11.7. The van der Waals surface area contributed by atoms with Crippen molar-refractivity contribution in [3.8, 4) is 0 Å². The zero-order valence-corrected chi connectivity index (χ0v) is 12.9. The highest BCUT2D eigenvalue weighted by Gasteiger charge is 2.23. The molecule has 1 amide bonds. The summed E-state index contributed by atoms with van der Waals surface area (Å²) in [5.41, 5.74) is -0.413. The van der Waals surface area contributed by atoms with E-state index in [-0.39, 0.29) is 12.1 Å². The lowest BCUT2D eigenvalue weighted by Gasteiger charge is -2.28. The first-order chi connectivity index (χ1) is 8.90. The standard InChI is InChI=1S/C16H29NO2/c1-5-6-7-8-13-9-11-14(12-10-13)17-15(18)19-16(2,3)4/h7-8,13-14H,5-6,9-12H2,1-4H3,(H,17,18)/t13-,14+. The number of ether oxygens (including phenoxy) is 1. The first-order valence-corrected chi connectivity index (χ1v) is 7.57. The fourth-order valence-corrected chi connectivity index (χ4v) is 2.39. The molecule has 0 aromatic carbocycles.